The third kappa shape index (κ3) is 2.03. The number of hydrogen-bond acceptors (Lipinski definition) is 4. The first kappa shape index (κ1) is 11.3. The number of aryl methyl sites for hydroxylation is 1. The summed E-state index contributed by atoms with van der Waals surface area (Å²) in [6.45, 7) is 1.98. The summed E-state index contributed by atoms with van der Waals surface area (Å²) >= 11 is 0. The van der Waals surface area contributed by atoms with Gasteiger partial charge in [-0.3, -0.25) is 9.36 Å². The van der Waals surface area contributed by atoms with Crippen molar-refractivity contribution < 1.29 is 0 Å². The van der Waals surface area contributed by atoms with Crippen LogP contribution in [0, 0.1) is 6.92 Å². The molecule has 0 aliphatic heterocycles. The van der Waals surface area contributed by atoms with Crippen LogP contribution in [0.4, 0.5) is 0 Å². The van der Waals surface area contributed by atoms with Gasteiger partial charge < -0.3 is 0 Å². The first-order chi connectivity index (χ1) is 9.25. The van der Waals surface area contributed by atoms with Crippen LogP contribution in [-0.2, 0) is 0 Å². The quantitative estimate of drug-likeness (QED) is 0.686. The minimum atomic E-state index is -0.237. The van der Waals surface area contributed by atoms with E-state index < -0.39 is 0 Å². The molecule has 6 heteroatoms. The highest BCUT2D eigenvalue weighted by molar-refractivity contribution is 5.36. The summed E-state index contributed by atoms with van der Waals surface area (Å²) in [4.78, 5) is 20.3. The van der Waals surface area contributed by atoms with Crippen LogP contribution in [0.3, 0.4) is 0 Å². The van der Waals surface area contributed by atoms with E-state index in [1.807, 2.05) is 31.2 Å². The molecular weight excluding hydrogens is 242 g/mol. The average molecular weight is 253 g/mol. The molecule has 0 radical (unpaired) electrons. The van der Waals surface area contributed by atoms with Crippen LogP contribution in [0.25, 0.3) is 11.5 Å². The molecule has 0 saturated heterocycles. The van der Waals surface area contributed by atoms with E-state index >= 15 is 0 Å². The summed E-state index contributed by atoms with van der Waals surface area (Å²) in [5.41, 5.74) is 1.65. The molecule has 94 valence electrons. The van der Waals surface area contributed by atoms with E-state index in [0.717, 1.165) is 11.3 Å². The van der Waals surface area contributed by atoms with E-state index in [4.69, 9.17) is 0 Å². The molecule has 2 heterocycles. The second-order valence-corrected chi connectivity index (χ2v) is 4.11. The molecule has 1 aromatic carbocycles. The Balaban J connectivity index is 2.19. The molecule has 0 aliphatic rings. The number of nitrogens with zero attached hydrogens (tertiary/aromatic N) is 5. The number of aromatic nitrogens is 5. The number of benzene rings is 1. The summed E-state index contributed by atoms with van der Waals surface area (Å²) in [5, 5.41) is 3.93. The SMILES string of the molecule is Cc1cccc(-n2ccnc(-n3cncn3)c2=O)c1. The molecule has 0 saturated carbocycles. The van der Waals surface area contributed by atoms with Gasteiger partial charge in [0.25, 0.3) is 5.56 Å². The van der Waals surface area contributed by atoms with Crippen LogP contribution in [0.15, 0.2) is 54.1 Å². The van der Waals surface area contributed by atoms with Gasteiger partial charge in [-0.1, -0.05) is 12.1 Å². The lowest BCUT2D eigenvalue weighted by molar-refractivity contribution is 0.800. The molecule has 0 N–H and O–H groups in total. The summed E-state index contributed by atoms with van der Waals surface area (Å²) in [7, 11) is 0. The van der Waals surface area contributed by atoms with E-state index in [9.17, 15) is 4.79 Å². The lowest BCUT2D eigenvalue weighted by atomic mass is 10.2. The molecular formula is C13H11N5O. The van der Waals surface area contributed by atoms with Crippen molar-refractivity contribution in [2.24, 2.45) is 0 Å². The Bertz CT molecular complexity index is 761. The average Bonchev–Trinajstić information content (AvgIpc) is 2.93. The normalized spacial score (nSPS) is 10.6. The van der Waals surface area contributed by atoms with Gasteiger partial charge in [0.15, 0.2) is 0 Å². The van der Waals surface area contributed by atoms with Crippen molar-refractivity contribution in [2.45, 2.75) is 6.92 Å². The van der Waals surface area contributed by atoms with Crippen molar-refractivity contribution >= 4 is 0 Å². The smallest absolute Gasteiger partial charge is 0.280 e. The fraction of sp³-hybridized carbons (Fsp3) is 0.0769. The molecule has 0 amide bonds. The van der Waals surface area contributed by atoms with Crippen molar-refractivity contribution in [3.05, 3.63) is 65.2 Å². The van der Waals surface area contributed by atoms with Crippen LogP contribution >= 0.6 is 0 Å². The van der Waals surface area contributed by atoms with E-state index in [0.29, 0.717) is 0 Å². The second kappa shape index (κ2) is 4.49. The number of rotatable bonds is 2. The monoisotopic (exact) mass is 253 g/mol. The third-order valence-corrected chi connectivity index (χ3v) is 2.74. The molecule has 0 aliphatic carbocycles. The third-order valence-electron chi connectivity index (χ3n) is 2.74. The summed E-state index contributed by atoms with van der Waals surface area (Å²) < 4.78 is 2.89. The lowest BCUT2D eigenvalue weighted by Gasteiger charge is -2.07. The van der Waals surface area contributed by atoms with Crippen LogP contribution in [0.5, 0.6) is 0 Å². The standard InChI is InChI=1S/C13H11N5O/c1-10-3-2-4-11(7-10)17-6-5-15-12(13(17)19)18-9-14-8-16-18/h2-9H,1H3. The molecule has 0 fully saturated rings. The molecule has 2 aromatic heterocycles. The van der Waals surface area contributed by atoms with Crippen LogP contribution in [0.2, 0.25) is 0 Å². The van der Waals surface area contributed by atoms with Crippen molar-refractivity contribution in [1.82, 2.24) is 24.3 Å². The summed E-state index contributed by atoms with van der Waals surface area (Å²) in [6.07, 6.45) is 6.02. The first-order valence-electron chi connectivity index (χ1n) is 5.75. The predicted molar refractivity (Wildman–Crippen MR) is 69.5 cm³/mol. The van der Waals surface area contributed by atoms with Crippen molar-refractivity contribution in [1.29, 1.82) is 0 Å². The van der Waals surface area contributed by atoms with Crippen molar-refractivity contribution in [3.8, 4) is 11.5 Å². The molecule has 6 nitrogen and oxygen atoms in total. The molecule has 3 aromatic rings. The van der Waals surface area contributed by atoms with Gasteiger partial charge in [-0.25, -0.2) is 9.97 Å². The van der Waals surface area contributed by atoms with E-state index in [1.165, 1.54) is 21.9 Å². The van der Waals surface area contributed by atoms with Crippen LogP contribution < -0.4 is 5.56 Å². The van der Waals surface area contributed by atoms with Gasteiger partial charge in [-0.2, -0.15) is 9.78 Å². The van der Waals surface area contributed by atoms with Gasteiger partial charge in [0.1, 0.15) is 12.7 Å². The maximum Gasteiger partial charge on any atom is 0.300 e. The predicted octanol–water partition coefficient (Wildman–Crippen LogP) is 1.12. The maximum absolute atomic E-state index is 12.4. The highest BCUT2D eigenvalue weighted by Crippen LogP contribution is 2.08. The molecule has 0 spiro atoms. The van der Waals surface area contributed by atoms with Gasteiger partial charge in [0.05, 0.1) is 0 Å². The minimum Gasteiger partial charge on any atom is -0.280 e. The van der Waals surface area contributed by atoms with Crippen LogP contribution in [-0.4, -0.2) is 24.3 Å². The molecule has 0 atom stereocenters. The Hall–Kier alpha value is -2.76. The Morgan fingerprint density at radius 2 is 2.16 bits per heavy atom. The Labute approximate surface area is 109 Å². The fourth-order valence-electron chi connectivity index (χ4n) is 1.86. The highest BCUT2D eigenvalue weighted by Gasteiger charge is 2.08. The van der Waals surface area contributed by atoms with Crippen molar-refractivity contribution in [2.75, 3.05) is 0 Å². The van der Waals surface area contributed by atoms with Gasteiger partial charge in [0.2, 0.25) is 5.82 Å². The zero-order valence-electron chi connectivity index (χ0n) is 10.3. The minimum absolute atomic E-state index is 0.224. The molecule has 3 rings (SSSR count). The van der Waals surface area contributed by atoms with Crippen LogP contribution in [0.1, 0.15) is 5.56 Å². The van der Waals surface area contributed by atoms with Gasteiger partial charge in [0, 0.05) is 18.1 Å². The van der Waals surface area contributed by atoms with Gasteiger partial charge in [-0.05, 0) is 24.6 Å². The van der Waals surface area contributed by atoms with Gasteiger partial charge in [-0.15, -0.1) is 0 Å². The Morgan fingerprint density at radius 3 is 2.89 bits per heavy atom. The topological polar surface area (TPSA) is 65.6 Å². The van der Waals surface area contributed by atoms with E-state index in [-0.39, 0.29) is 11.4 Å². The fourth-order valence-corrected chi connectivity index (χ4v) is 1.86. The zero-order chi connectivity index (χ0) is 13.2. The van der Waals surface area contributed by atoms with Crippen molar-refractivity contribution in [3.63, 3.8) is 0 Å². The van der Waals surface area contributed by atoms with E-state index in [2.05, 4.69) is 15.1 Å². The largest absolute Gasteiger partial charge is 0.300 e. The second-order valence-electron chi connectivity index (χ2n) is 4.11. The molecule has 0 bridgehead atoms. The maximum atomic E-state index is 12.4. The number of hydrogen-bond donors (Lipinski definition) is 0. The Kier molecular flexibility index (Phi) is 2.68. The molecule has 19 heavy (non-hydrogen) atoms. The molecule has 0 unspecified atom stereocenters. The zero-order valence-corrected chi connectivity index (χ0v) is 10.3. The lowest BCUT2D eigenvalue weighted by Crippen LogP contribution is -2.24. The highest BCUT2D eigenvalue weighted by atomic mass is 16.1. The summed E-state index contributed by atoms with van der Waals surface area (Å²) in [6, 6.07) is 7.70. The van der Waals surface area contributed by atoms with Gasteiger partial charge >= 0.3 is 0 Å². The van der Waals surface area contributed by atoms with E-state index in [1.54, 1.807) is 12.4 Å². The first-order valence-corrected chi connectivity index (χ1v) is 5.75. The Morgan fingerprint density at radius 1 is 1.26 bits per heavy atom. The summed E-state index contributed by atoms with van der Waals surface area (Å²) in [5.74, 6) is 0.224.